The van der Waals surface area contributed by atoms with Crippen molar-refractivity contribution in [3.63, 3.8) is 0 Å². The molecule has 1 aromatic heterocycles. The van der Waals surface area contributed by atoms with E-state index in [9.17, 15) is 9.59 Å². The average molecular weight is 360 g/mol. The largest absolute Gasteiger partial charge is 0.487 e. The zero-order chi connectivity index (χ0) is 18.6. The van der Waals surface area contributed by atoms with E-state index in [1.807, 2.05) is 18.9 Å². The van der Waals surface area contributed by atoms with Gasteiger partial charge in [-0.2, -0.15) is 0 Å². The summed E-state index contributed by atoms with van der Waals surface area (Å²) in [6.07, 6.45) is 1.47. The summed E-state index contributed by atoms with van der Waals surface area (Å²) in [5.74, 6) is -0.961. The van der Waals surface area contributed by atoms with Crippen LogP contribution >= 0.6 is 0 Å². The Kier molecular flexibility index (Phi) is 3.87. The van der Waals surface area contributed by atoms with Crippen molar-refractivity contribution >= 4 is 22.5 Å². The molecule has 0 saturated carbocycles. The molecular formula is C18H21FN4O3. The van der Waals surface area contributed by atoms with Gasteiger partial charge in [-0.3, -0.25) is 9.59 Å². The smallest absolute Gasteiger partial charge is 0.254 e. The highest BCUT2D eigenvalue weighted by Gasteiger charge is 2.30. The molecule has 2 aromatic rings. The van der Waals surface area contributed by atoms with Gasteiger partial charge in [0.05, 0.1) is 16.9 Å². The van der Waals surface area contributed by atoms with Crippen LogP contribution in [0.1, 0.15) is 23.3 Å². The third-order valence-electron chi connectivity index (χ3n) is 5.23. The number of piperazine rings is 1. The molecule has 4 rings (SSSR count). The standard InChI is InChI=1S/C18H21FN4O3/c1-10-9-26-17-14-11(16(24)12(18(20)25)8-23(10)14)7-13(19)15(17)22-5-3-21(2)4-6-22/h7-8,10H,3-6,9H2,1-2H3,(H2,20,25)/t10-/m0/s1. The van der Waals surface area contributed by atoms with Crippen LogP contribution in [0.25, 0.3) is 10.9 Å². The molecule has 0 unspecified atom stereocenters. The maximum Gasteiger partial charge on any atom is 0.254 e. The molecule has 3 heterocycles. The number of benzene rings is 1. The Morgan fingerprint density at radius 3 is 2.65 bits per heavy atom. The van der Waals surface area contributed by atoms with Gasteiger partial charge in [0.1, 0.15) is 17.9 Å². The number of halogens is 1. The molecule has 1 saturated heterocycles. The number of aromatic nitrogens is 1. The van der Waals surface area contributed by atoms with E-state index in [0.29, 0.717) is 36.6 Å². The van der Waals surface area contributed by atoms with Crippen molar-refractivity contribution in [2.75, 3.05) is 44.7 Å². The maximum absolute atomic E-state index is 15.0. The van der Waals surface area contributed by atoms with Gasteiger partial charge in [-0.05, 0) is 20.0 Å². The fraction of sp³-hybridized carbons (Fsp3) is 0.444. The van der Waals surface area contributed by atoms with Crippen LogP contribution in [-0.2, 0) is 0 Å². The normalized spacial score (nSPS) is 20.3. The van der Waals surface area contributed by atoms with E-state index >= 15 is 4.39 Å². The number of carbonyl (C=O) groups is 1. The van der Waals surface area contributed by atoms with E-state index in [2.05, 4.69) is 4.90 Å². The Hall–Kier alpha value is -2.61. The van der Waals surface area contributed by atoms with Crippen LogP contribution in [-0.4, -0.2) is 55.2 Å². The number of pyridine rings is 1. The van der Waals surface area contributed by atoms with Crippen LogP contribution in [0.3, 0.4) is 0 Å². The zero-order valence-corrected chi connectivity index (χ0v) is 14.8. The van der Waals surface area contributed by atoms with Crippen molar-refractivity contribution in [1.29, 1.82) is 0 Å². The number of anilines is 1. The molecule has 2 N–H and O–H groups in total. The van der Waals surface area contributed by atoms with E-state index in [4.69, 9.17) is 10.5 Å². The summed E-state index contributed by atoms with van der Waals surface area (Å²) in [7, 11) is 2.03. The number of hydrogen-bond acceptors (Lipinski definition) is 5. The monoisotopic (exact) mass is 360 g/mol. The lowest BCUT2D eigenvalue weighted by atomic mass is 10.1. The summed E-state index contributed by atoms with van der Waals surface area (Å²) in [4.78, 5) is 28.4. The highest BCUT2D eigenvalue weighted by molar-refractivity contribution is 5.99. The van der Waals surface area contributed by atoms with Crippen molar-refractivity contribution in [1.82, 2.24) is 9.47 Å². The molecule has 0 radical (unpaired) electrons. The second-order valence-electron chi connectivity index (χ2n) is 7.03. The van der Waals surface area contributed by atoms with Gasteiger partial charge in [-0.15, -0.1) is 0 Å². The molecule has 138 valence electrons. The quantitative estimate of drug-likeness (QED) is 0.862. The molecule has 1 atom stereocenters. The molecule has 2 aliphatic rings. The SMILES string of the molecule is C[C@H]1COc2c(N3CCN(C)CC3)c(F)cc3c(=O)c(C(N)=O)cn1c23. The Morgan fingerprint density at radius 1 is 1.31 bits per heavy atom. The fourth-order valence-electron chi connectivity index (χ4n) is 3.71. The first-order valence-corrected chi connectivity index (χ1v) is 8.66. The minimum Gasteiger partial charge on any atom is -0.487 e. The molecule has 8 heteroatoms. The molecule has 1 fully saturated rings. The Balaban J connectivity index is 2.00. The number of primary amides is 1. The van der Waals surface area contributed by atoms with Crippen LogP contribution in [0.2, 0.25) is 0 Å². The maximum atomic E-state index is 15.0. The number of ether oxygens (including phenoxy) is 1. The minimum absolute atomic E-state index is 0.102. The lowest BCUT2D eigenvalue weighted by Gasteiger charge is -2.37. The predicted octanol–water partition coefficient (Wildman–Crippen LogP) is 0.945. The molecule has 26 heavy (non-hydrogen) atoms. The minimum atomic E-state index is -0.815. The van der Waals surface area contributed by atoms with E-state index in [1.54, 1.807) is 4.57 Å². The zero-order valence-electron chi connectivity index (χ0n) is 14.8. The summed E-state index contributed by atoms with van der Waals surface area (Å²) >= 11 is 0. The highest BCUT2D eigenvalue weighted by atomic mass is 19.1. The van der Waals surface area contributed by atoms with Gasteiger partial charge >= 0.3 is 0 Å². The van der Waals surface area contributed by atoms with Crippen molar-refractivity contribution in [2.45, 2.75) is 13.0 Å². The first-order valence-electron chi connectivity index (χ1n) is 8.66. The lowest BCUT2D eigenvalue weighted by Crippen LogP contribution is -2.45. The molecular weight excluding hydrogens is 339 g/mol. The summed E-state index contributed by atoms with van der Waals surface area (Å²) in [6.45, 7) is 5.23. The van der Waals surface area contributed by atoms with Gasteiger partial charge in [-0.25, -0.2) is 4.39 Å². The molecule has 1 aromatic carbocycles. The van der Waals surface area contributed by atoms with Crippen molar-refractivity contribution in [3.05, 3.63) is 33.9 Å². The van der Waals surface area contributed by atoms with Crippen molar-refractivity contribution < 1.29 is 13.9 Å². The van der Waals surface area contributed by atoms with Crippen LogP contribution in [0.5, 0.6) is 5.75 Å². The van der Waals surface area contributed by atoms with Crippen LogP contribution in [0.15, 0.2) is 17.1 Å². The van der Waals surface area contributed by atoms with E-state index in [-0.39, 0.29) is 17.0 Å². The van der Waals surface area contributed by atoms with E-state index < -0.39 is 17.2 Å². The fourth-order valence-corrected chi connectivity index (χ4v) is 3.71. The number of amides is 1. The van der Waals surface area contributed by atoms with Crippen molar-refractivity contribution in [2.24, 2.45) is 5.73 Å². The summed E-state index contributed by atoms with van der Waals surface area (Å²) in [5.41, 5.74) is 5.55. The van der Waals surface area contributed by atoms with E-state index in [0.717, 1.165) is 13.1 Å². The van der Waals surface area contributed by atoms with Crippen molar-refractivity contribution in [3.8, 4) is 5.75 Å². The van der Waals surface area contributed by atoms with Gasteiger partial charge in [0.15, 0.2) is 11.6 Å². The topological polar surface area (TPSA) is 80.8 Å². The molecule has 1 amide bonds. The van der Waals surface area contributed by atoms with Gasteiger partial charge in [0, 0.05) is 32.4 Å². The number of rotatable bonds is 2. The van der Waals surface area contributed by atoms with Gasteiger partial charge < -0.3 is 24.8 Å². The second-order valence-corrected chi connectivity index (χ2v) is 7.03. The molecule has 2 aliphatic heterocycles. The van der Waals surface area contributed by atoms with Gasteiger partial charge in [-0.1, -0.05) is 0 Å². The average Bonchev–Trinajstić information content (AvgIpc) is 2.60. The number of carbonyl (C=O) groups excluding carboxylic acids is 1. The first kappa shape index (κ1) is 16.8. The molecule has 7 nitrogen and oxygen atoms in total. The van der Waals surface area contributed by atoms with Crippen LogP contribution in [0, 0.1) is 5.82 Å². The number of likely N-dealkylation sites (N-methyl/N-ethyl adjacent to an activating group) is 1. The van der Waals surface area contributed by atoms with Crippen LogP contribution in [0.4, 0.5) is 10.1 Å². The number of nitrogens with zero attached hydrogens (tertiary/aromatic N) is 3. The summed E-state index contributed by atoms with van der Waals surface area (Å²) in [5, 5.41) is 0.123. The lowest BCUT2D eigenvalue weighted by molar-refractivity contribution is 0.0998. The third-order valence-corrected chi connectivity index (χ3v) is 5.23. The van der Waals surface area contributed by atoms with E-state index in [1.165, 1.54) is 12.3 Å². The van der Waals surface area contributed by atoms with Gasteiger partial charge in [0.25, 0.3) is 5.91 Å². The second kappa shape index (κ2) is 5.98. The predicted molar refractivity (Wildman–Crippen MR) is 96.6 cm³/mol. The molecule has 0 bridgehead atoms. The van der Waals surface area contributed by atoms with Crippen LogP contribution < -0.4 is 20.8 Å². The summed E-state index contributed by atoms with van der Waals surface area (Å²) in [6, 6.07) is 1.11. The van der Waals surface area contributed by atoms with Gasteiger partial charge in [0.2, 0.25) is 5.43 Å². The Labute approximate surface area is 149 Å². The highest BCUT2D eigenvalue weighted by Crippen LogP contribution is 2.41. The number of hydrogen-bond donors (Lipinski definition) is 1. The number of nitrogens with two attached hydrogens (primary N) is 1. The molecule has 0 spiro atoms. The Bertz CT molecular complexity index is 963. The molecule has 0 aliphatic carbocycles. The first-order chi connectivity index (χ1) is 12.4. The Morgan fingerprint density at radius 2 is 2.00 bits per heavy atom. The third kappa shape index (κ3) is 2.44. The summed E-state index contributed by atoms with van der Waals surface area (Å²) < 4.78 is 22.7.